The molecule has 0 unspecified atom stereocenters. The minimum absolute atomic E-state index is 0.631. The number of benzene rings is 1. The second-order valence-corrected chi connectivity index (χ2v) is 5.31. The van der Waals surface area contributed by atoms with Crippen molar-refractivity contribution in [3.8, 4) is 5.75 Å². The molecule has 0 N–H and O–H groups in total. The Morgan fingerprint density at radius 1 is 1.57 bits per heavy atom. The van der Waals surface area contributed by atoms with Crippen molar-refractivity contribution in [3.05, 3.63) is 21.1 Å². The smallest absolute Gasteiger partial charge is 0.160 e. The van der Waals surface area contributed by atoms with Gasteiger partial charge in [0.05, 0.1) is 16.3 Å². The van der Waals surface area contributed by atoms with Gasteiger partial charge in [0.1, 0.15) is 11.3 Å². The molecular formula is C9H7BrClNOS. The van der Waals surface area contributed by atoms with E-state index in [9.17, 15) is 0 Å². The highest BCUT2D eigenvalue weighted by atomic mass is 79.9. The highest BCUT2D eigenvalue weighted by Gasteiger charge is 2.10. The zero-order chi connectivity index (χ0) is 10.1. The monoisotopic (exact) mass is 291 g/mol. The number of fused-ring (bicyclic) bond motifs is 1. The van der Waals surface area contributed by atoms with Crippen LogP contribution in [0.25, 0.3) is 10.2 Å². The Balaban J connectivity index is 2.68. The van der Waals surface area contributed by atoms with Crippen LogP contribution in [0.1, 0.15) is 6.92 Å². The van der Waals surface area contributed by atoms with E-state index < -0.39 is 0 Å². The quantitative estimate of drug-likeness (QED) is 0.831. The topological polar surface area (TPSA) is 22.1 Å². The number of rotatable bonds is 2. The molecule has 2 rings (SSSR count). The third-order valence-electron chi connectivity index (χ3n) is 1.73. The number of aromatic nitrogens is 1. The molecule has 14 heavy (non-hydrogen) atoms. The second kappa shape index (κ2) is 4.04. The van der Waals surface area contributed by atoms with Gasteiger partial charge in [-0.3, -0.25) is 0 Å². The minimum Gasteiger partial charge on any atom is -0.492 e. The number of nitrogens with zero attached hydrogens (tertiary/aromatic N) is 1. The summed E-state index contributed by atoms with van der Waals surface area (Å²) in [6.45, 7) is 2.58. The summed E-state index contributed by atoms with van der Waals surface area (Å²) in [7, 11) is 0. The lowest BCUT2D eigenvalue weighted by Crippen LogP contribution is -1.91. The van der Waals surface area contributed by atoms with Crippen LogP contribution >= 0.6 is 38.9 Å². The van der Waals surface area contributed by atoms with E-state index >= 15 is 0 Å². The largest absolute Gasteiger partial charge is 0.492 e. The molecule has 0 aliphatic carbocycles. The lowest BCUT2D eigenvalue weighted by molar-refractivity contribution is 0.343. The minimum atomic E-state index is 0.631. The fourth-order valence-corrected chi connectivity index (χ4v) is 2.84. The number of hydrogen-bond donors (Lipinski definition) is 0. The zero-order valence-electron chi connectivity index (χ0n) is 7.38. The van der Waals surface area contributed by atoms with E-state index in [0.717, 1.165) is 19.9 Å². The van der Waals surface area contributed by atoms with Crippen LogP contribution in [-0.4, -0.2) is 11.6 Å². The average molecular weight is 293 g/mol. The van der Waals surface area contributed by atoms with Gasteiger partial charge >= 0.3 is 0 Å². The molecule has 0 fully saturated rings. The lowest BCUT2D eigenvalue weighted by Gasteiger charge is -2.03. The summed E-state index contributed by atoms with van der Waals surface area (Å²) < 4.78 is 7.24. The van der Waals surface area contributed by atoms with Gasteiger partial charge in [0.2, 0.25) is 0 Å². The number of ether oxygens (including phenoxy) is 1. The van der Waals surface area contributed by atoms with Crippen molar-refractivity contribution in [1.82, 2.24) is 4.98 Å². The van der Waals surface area contributed by atoms with Gasteiger partial charge in [-0.2, -0.15) is 0 Å². The Bertz CT molecular complexity index is 471. The van der Waals surface area contributed by atoms with Crippen LogP contribution in [0.3, 0.4) is 0 Å². The van der Waals surface area contributed by atoms with Crippen molar-refractivity contribution >= 4 is 49.1 Å². The average Bonchev–Trinajstić information content (AvgIpc) is 2.53. The second-order valence-electron chi connectivity index (χ2n) is 2.62. The van der Waals surface area contributed by atoms with E-state index in [1.165, 1.54) is 11.3 Å². The Kier molecular flexibility index (Phi) is 2.95. The van der Waals surface area contributed by atoms with Crippen LogP contribution in [0.2, 0.25) is 5.02 Å². The van der Waals surface area contributed by atoms with E-state index in [1.54, 1.807) is 0 Å². The van der Waals surface area contributed by atoms with Crippen LogP contribution in [0.4, 0.5) is 0 Å². The molecule has 0 spiro atoms. The van der Waals surface area contributed by atoms with E-state index in [-0.39, 0.29) is 0 Å². The first kappa shape index (κ1) is 10.2. The van der Waals surface area contributed by atoms with Crippen molar-refractivity contribution in [2.45, 2.75) is 6.92 Å². The van der Waals surface area contributed by atoms with Crippen molar-refractivity contribution in [2.75, 3.05) is 6.61 Å². The fraction of sp³-hybridized carbons (Fsp3) is 0.222. The van der Waals surface area contributed by atoms with E-state index in [2.05, 4.69) is 20.9 Å². The first-order valence-corrected chi connectivity index (χ1v) is 6.08. The molecule has 0 saturated heterocycles. The SMILES string of the molecule is CCOc1ccc(Cl)c2sc(Br)nc12. The number of thiazole rings is 1. The van der Waals surface area contributed by atoms with Gasteiger partial charge in [-0.05, 0) is 35.0 Å². The molecule has 0 bridgehead atoms. The molecule has 0 saturated carbocycles. The predicted octanol–water partition coefficient (Wildman–Crippen LogP) is 4.11. The molecule has 0 aliphatic heterocycles. The van der Waals surface area contributed by atoms with Crippen molar-refractivity contribution in [2.24, 2.45) is 0 Å². The molecule has 2 aromatic rings. The molecule has 5 heteroatoms. The molecule has 0 atom stereocenters. The summed E-state index contributed by atoms with van der Waals surface area (Å²) in [5.41, 5.74) is 0.830. The summed E-state index contributed by atoms with van der Waals surface area (Å²) in [5, 5.41) is 0.714. The Hall–Kier alpha value is -0.320. The lowest BCUT2D eigenvalue weighted by atomic mass is 10.3. The third-order valence-corrected chi connectivity index (χ3v) is 3.70. The maximum atomic E-state index is 6.04. The first-order valence-electron chi connectivity index (χ1n) is 4.09. The summed E-state index contributed by atoms with van der Waals surface area (Å²) >= 11 is 10.9. The molecule has 74 valence electrons. The van der Waals surface area contributed by atoms with Crippen LogP contribution < -0.4 is 4.74 Å². The number of hydrogen-bond acceptors (Lipinski definition) is 3. The van der Waals surface area contributed by atoms with E-state index in [4.69, 9.17) is 16.3 Å². The van der Waals surface area contributed by atoms with Gasteiger partial charge < -0.3 is 4.74 Å². The Morgan fingerprint density at radius 3 is 3.07 bits per heavy atom. The summed E-state index contributed by atoms with van der Waals surface area (Å²) in [4.78, 5) is 4.32. The molecular weight excluding hydrogens is 286 g/mol. The molecule has 1 aromatic carbocycles. The van der Waals surface area contributed by atoms with Gasteiger partial charge in [-0.15, -0.1) is 11.3 Å². The molecule has 2 nitrogen and oxygen atoms in total. The Morgan fingerprint density at radius 2 is 2.36 bits per heavy atom. The van der Waals surface area contributed by atoms with Gasteiger partial charge in [0.25, 0.3) is 0 Å². The summed E-state index contributed by atoms with van der Waals surface area (Å²) in [5.74, 6) is 0.786. The van der Waals surface area contributed by atoms with E-state index in [0.29, 0.717) is 11.6 Å². The molecule has 1 heterocycles. The van der Waals surface area contributed by atoms with Crippen molar-refractivity contribution in [3.63, 3.8) is 0 Å². The zero-order valence-corrected chi connectivity index (χ0v) is 10.5. The normalized spacial score (nSPS) is 10.8. The molecule has 0 amide bonds. The van der Waals surface area contributed by atoms with Crippen molar-refractivity contribution < 1.29 is 4.74 Å². The molecule has 1 aromatic heterocycles. The van der Waals surface area contributed by atoms with Crippen LogP contribution in [0.5, 0.6) is 5.75 Å². The fourth-order valence-electron chi connectivity index (χ4n) is 1.20. The summed E-state index contributed by atoms with van der Waals surface area (Å²) in [6.07, 6.45) is 0. The standard InChI is InChI=1S/C9H7BrClNOS/c1-2-13-6-4-3-5(11)8-7(6)12-9(10)14-8/h3-4H,2H2,1H3. The van der Waals surface area contributed by atoms with Gasteiger partial charge in [0.15, 0.2) is 3.92 Å². The molecule has 0 radical (unpaired) electrons. The van der Waals surface area contributed by atoms with Gasteiger partial charge in [0, 0.05) is 0 Å². The predicted molar refractivity (Wildman–Crippen MR) is 63.5 cm³/mol. The van der Waals surface area contributed by atoms with Crippen LogP contribution in [-0.2, 0) is 0 Å². The maximum absolute atomic E-state index is 6.04. The maximum Gasteiger partial charge on any atom is 0.160 e. The highest BCUT2D eigenvalue weighted by Crippen LogP contribution is 2.37. The van der Waals surface area contributed by atoms with Gasteiger partial charge in [-0.1, -0.05) is 11.6 Å². The number of halogens is 2. The first-order chi connectivity index (χ1) is 6.72. The van der Waals surface area contributed by atoms with Crippen LogP contribution in [0, 0.1) is 0 Å². The third kappa shape index (κ3) is 1.74. The Labute approximate surface area is 99.0 Å². The van der Waals surface area contributed by atoms with Crippen LogP contribution in [0.15, 0.2) is 16.0 Å². The summed E-state index contributed by atoms with van der Waals surface area (Å²) in [6, 6.07) is 3.68. The highest BCUT2D eigenvalue weighted by molar-refractivity contribution is 9.11. The van der Waals surface area contributed by atoms with Crippen molar-refractivity contribution in [1.29, 1.82) is 0 Å². The molecule has 0 aliphatic rings. The van der Waals surface area contributed by atoms with Gasteiger partial charge in [-0.25, -0.2) is 4.98 Å². The van der Waals surface area contributed by atoms with E-state index in [1.807, 2.05) is 19.1 Å².